The van der Waals surface area contributed by atoms with Gasteiger partial charge >= 0.3 is 0 Å². The van der Waals surface area contributed by atoms with Crippen molar-refractivity contribution >= 4 is 17.2 Å². The number of nitrogens with one attached hydrogen (secondary N) is 2. The highest BCUT2D eigenvalue weighted by Crippen LogP contribution is 2.15. The van der Waals surface area contributed by atoms with Crippen LogP contribution in [0.25, 0.3) is 0 Å². The molecular weight excluding hydrogens is 236 g/mol. The summed E-state index contributed by atoms with van der Waals surface area (Å²) < 4.78 is 5.55. The first-order valence-corrected chi connectivity index (χ1v) is 6.56. The van der Waals surface area contributed by atoms with E-state index in [2.05, 4.69) is 23.6 Å². The van der Waals surface area contributed by atoms with Gasteiger partial charge in [0.15, 0.2) is 0 Å². The van der Waals surface area contributed by atoms with Gasteiger partial charge in [0, 0.05) is 22.8 Å². The highest BCUT2D eigenvalue weighted by Gasteiger charge is 2.32. The third-order valence-corrected chi connectivity index (χ3v) is 3.81. The molecule has 2 heterocycles. The molecule has 1 aliphatic rings. The normalized spacial score (nSPS) is 17.5. The lowest BCUT2D eigenvalue weighted by Gasteiger charge is -2.38. The van der Waals surface area contributed by atoms with Crippen LogP contribution in [0.2, 0.25) is 0 Å². The highest BCUT2D eigenvalue weighted by atomic mass is 32.1. The molecule has 1 aromatic heterocycles. The fourth-order valence-electron chi connectivity index (χ4n) is 1.64. The first-order valence-electron chi connectivity index (χ1n) is 5.74. The van der Waals surface area contributed by atoms with E-state index in [1.807, 2.05) is 13.0 Å². The lowest BCUT2D eigenvalue weighted by Crippen LogP contribution is -2.59. The van der Waals surface area contributed by atoms with E-state index in [1.165, 1.54) is 9.75 Å². The fourth-order valence-corrected chi connectivity index (χ4v) is 2.47. The molecule has 5 heteroatoms. The van der Waals surface area contributed by atoms with Gasteiger partial charge in [0.2, 0.25) is 5.91 Å². The molecule has 1 aliphatic heterocycles. The van der Waals surface area contributed by atoms with Crippen molar-refractivity contribution in [3.05, 3.63) is 21.9 Å². The Hall–Kier alpha value is -0.910. The number of hydrogen-bond acceptors (Lipinski definition) is 4. The van der Waals surface area contributed by atoms with E-state index in [9.17, 15) is 4.79 Å². The molecule has 2 rings (SSSR count). The maximum absolute atomic E-state index is 11.6. The number of rotatable bonds is 5. The number of carbonyl (C=O) groups excluding carboxylic acids is 1. The molecule has 0 radical (unpaired) electrons. The second kappa shape index (κ2) is 5.16. The summed E-state index contributed by atoms with van der Waals surface area (Å²) in [7, 11) is 0. The summed E-state index contributed by atoms with van der Waals surface area (Å²) in [5.74, 6) is -0.0517. The predicted octanol–water partition coefficient (Wildman–Crippen LogP) is 1.05. The van der Waals surface area contributed by atoms with Crippen molar-refractivity contribution in [3.8, 4) is 0 Å². The van der Waals surface area contributed by atoms with Crippen LogP contribution in [0, 0.1) is 6.92 Å². The lowest BCUT2D eigenvalue weighted by molar-refractivity contribution is -0.135. The van der Waals surface area contributed by atoms with Gasteiger partial charge in [-0.25, -0.2) is 0 Å². The molecule has 4 nitrogen and oxygen atoms in total. The maximum Gasteiger partial charge on any atom is 0.246 e. The third-order valence-electron chi connectivity index (χ3n) is 2.81. The molecule has 1 fully saturated rings. The van der Waals surface area contributed by atoms with Gasteiger partial charge in [-0.05, 0) is 26.0 Å². The summed E-state index contributed by atoms with van der Waals surface area (Å²) in [6.07, 6.45) is 0. The van der Waals surface area contributed by atoms with Crippen LogP contribution >= 0.6 is 11.3 Å². The van der Waals surface area contributed by atoms with Gasteiger partial charge in [0.05, 0.1) is 12.1 Å². The van der Waals surface area contributed by atoms with E-state index in [4.69, 9.17) is 4.74 Å². The number of aryl methyl sites for hydroxylation is 1. The van der Waals surface area contributed by atoms with E-state index in [0.717, 1.165) is 13.1 Å². The van der Waals surface area contributed by atoms with Gasteiger partial charge in [-0.15, -0.1) is 11.3 Å². The Kier molecular flexibility index (Phi) is 3.81. The molecule has 0 saturated carbocycles. The van der Waals surface area contributed by atoms with Crippen molar-refractivity contribution in [2.45, 2.75) is 26.0 Å². The van der Waals surface area contributed by atoms with Crippen LogP contribution in [-0.2, 0) is 16.1 Å². The quantitative estimate of drug-likeness (QED) is 0.826. The SMILES string of the molecule is Cc1ccc(CNC(=O)COC2(C)CNC2)s1. The van der Waals surface area contributed by atoms with Crippen molar-refractivity contribution in [2.75, 3.05) is 19.7 Å². The van der Waals surface area contributed by atoms with E-state index in [-0.39, 0.29) is 18.1 Å². The number of carbonyl (C=O) groups is 1. The minimum Gasteiger partial charge on any atom is -0.363 e. The standard InChI is InChI=1S/C12H18N2O2S/c1-9-3-4-10(17-9)5-14-11(15)6-16-12(2)7-13-8-12/h3-4,13H,5-8H2,1-2H3,(H,14,15). The Bertz CT molecular complexity index is 399. The van der Waals surface area contributed by atoms with E-state index in [0.29, 0.717) is 6.54 Å². The second-order valence-electron chi connectivity index (χ2n) is 4.63. The smallest absolute Gasteiger partial charge is 0.246 e. The van der Waals surface area contributed by atoms with Crippen LogP contribution < -0.4 is 10.6 Å². The molecule has 0 aromatic carbocycles. The second-order valence-corrected chi connectivity index (χ2v) is 6.00. The molecule has 1 amide bonds. The molecule has 0 unspecified atom stereocenters. The third kappa shape index (κ3) is 3.52. The number of amides is 1. The van der Waals surface area contributed by atoms with Crippen LogP contribution in [0.4, 0.5) is 0 Å². The topological polar surface area (TPSA) is 50.4 Å². The van der Waals surface area contributed by atoms with E-state index >= 15 is 0 Å². The molecule has 0 aliphatic carbocycles. The summed E-state index contributed by atoms with van der Waals surface area (Å²) >= 11 is 1.70. The lowest BCUT2D eigenvalue weighted by atomic mass is 10.0. The zero-order valence-corrected chi connectivity index (χ0v) is 11.0. The summed E-state index contributed by atoms with van der Waals surface area (Å²) in [4.78, 5) is 14.0. The van der Waals surface area contributed by atoms with Gasteiger partial charge in [0.25, 0.3) is 0 Å². The Morgan fingerprint density at radius 2 is 2.35 bits per heavy atom. The first-order chi connectivity index (χ1) is 8.07. The zero-order chi connectivity index (χ0) is 12.3. The van der Waals surface area contributed by atoms with Crippen molar-refractivity contribution in [2.24, 2.45) is 0 Å². The molecule has 0 spiro atoms. The van der Waals surface area contributed by atoms with Gasteiger partial charge in [-0.3, -0.25) is 4.79 Å². The van der Waals surface area contributed by atoms with Crippen molar-refractivity contribution < 1.29 is 9.53 Å². The molecule has 1 aromatic rings. The molecule has 0 atom stereocenters. The first kappa shape index (κ1) is 12.5. The molecular formula is C12H18N2O2S. The average molecular weight is 254 g/mol. The van der Waals surface area contributed by atoms with Crippen LogP contribution in [0.3, 0.4) is 0 Å². The molecule has 2 N–H and O–H groups in total. The van der Waals surface area contributed by atoms with Crippen molar-refractivity contribution in [1.29, 1.82) is 0 Å². The predicted molar refractivity (Wildman–Crippen MR) is 68.1 cm³/mol. The van der Waals surface area contributed by atoms with Gasteiger partial charge in [0.1, 0.15) is 6.61 Å². The van der Waals surface area contributed by atoms with Gasteiger partial charge in [-0.2, -0.15) is 0 Å². The largest absolute Gasteiger partial charge is 0.363 e. The Morgan fingerprint density at radius 1 is 1.59 bits per heavy atom. The minimum atomic E-state index is -0.156. The van der Waals surface area contributed by atoms with Gasteiger partial charge in [-0.1, -0.05) is 0 Å². The van der Waals surface area contributed by atoms with Crippen LogP contribution in [-0.4, -0.2) is 31.2 Å². The zero-order valence-electron chi connectivity index (χ0n) is 10.2. The summed E-state index contributed by atoms with van der Waals surface area (Å²) in [5, 5.41) is 5.99. The molecule has 1 saturated heterocycles. The van der Waals surface area contributed by atoms with Crippen LogP contribution in [0.5, 0.6) is 0 Å². The highest BCUT2D eigenvalue weighted by molar-refractivity contribution is 7.11. The van der Waals surface area contributed by atoms with E-state index < -0.39 is 0 Å². The van der Waals surface area contributed by atoms with Crippen molar-refractivity contribution in [1.82, 2.24) is 10.6 Å². The van der Waals surface area contributed by atoms with Gasteiger partial charge < -0.3 is 15.4 Å². The number of thiophene rings is 1. The molecule has 17 heavy (non-hydrogen) atoms. The summed E-state index contributed by atoms with van der Waals surface area (Å²) in [5.41, 5.74) is -0.156. The Labute approximate surface area is 105 Å². The summed E-state index contributed by atoms with van der Waals surface area (Å²) in [6, 6.07) is 4.10. The molecule has 94 valence electrons. The minimum absolute atomic E-state index is 0.0517. The molecule has 0 bridgehead atoms. The maximum atomic E-state index is 11.6. The van der Waals surface area contributed by atoms with Crippen molar-refractivity contribution in [3.63, 3.8) is 0 Å². The number of hydrogen-bond donors (Lipinski definition) is 2. The van der Waals surface area contributed by atoms with Crippen LogP contribution in [0.1, 0.15) is 16.7 Å². The van der Waals surface area contributed by atoms with Crippen LogP contribution in [0.15, 0.2) is 12.1 Å². The Balaban J connectivity index is 1.67. The average Bonchev–Trinajstić information content (AvgIpc) is 2.67. The fraction of sp³-hybridized carbons (Fsp3) is 0.583. The number of ether oxygens (including phenoxy) is 1. The summed E-state index contributed by atoms with van der Waals surface area (Å²) in [6.45, 7) is 6.45. The Morgan fingerprint density at radius 3 is 2.88 bits per heavy atom. The monoisotopic (exact) mass is 254 g/mol. The van der Waals surface area contributed by atoms with E-state index in [1.54, 1.807) is 11.3 Å².